The fraction of sp³-hybridized carbons (Fsp3) is 0.417. The van der Waals surface area contributed by atoms with Crippen molar-refractivity contribution in [1.29, 1.82) is 0 Å². The van der Waals surface area contributed by atoms with Crippen LogP contribution in [0.4, 0.5) is 0 Å². The van der Waals surface area contributed by atoms with E-state index in [0.717, 1.165) is 11.1 Å². The molecule has 0 aliphatic carbocycles. The van der Waals surface area contributed by atoms with E-state index >= 15 is 0 Å². The molecule has 0 bridgehead atoms. The first-order valence-electron chi connectivity index (χ1n) is 9.98. The summed E-state index contributed by atoms with van der Waals surface area (Å²) in [5, 5.41) is 9.22. The second-order valence-electron chi connectivity index (χ2n) is 7.51. The summed E-state index contributed by atoms with van der Waals surface area (Å²) in [5.41, 5.74) is 2.18. The van der Waals surface area contributed by atoms with E-state index in [4.69, 9.17) is 18.9 Å². The maximum atomic E-state index is 9.22. The van der Waals surface area contributed by atoms with Crippen LogP contribution in [0.25, 0.3) is 0 Å². The van der Waals surface area contributed by atoms with Crippen molar-refractivity contribution in [3.05, 3.63) is 83.9 Å². The van der Waals surface area contributed by atoms with Gasteiger partial charge in [-0.3, -0.25) is 0 Å². The van der Waals surface area contributed by atoms with Gasteiger partial charge in [0.2, 0.25) is 0 Å². The van der Waals surface area contributed by atoms with Crippen LogP contribution >= 0.6 is 0 Å². The van der Waals surface area contributed by atoms with E-state index in [2.05, 4.69) is 0 Å². The fourth-order valence-electron chi connectivity index (χ4n) is 3.37. The van der Waals surface area contributed by atoms with Crippen molar-refractivity contribution >= 4 is 0 Å². The fourth-order valence-corrected chi connectivity index (χ4v) is 3.37. The lowest BCUT2D eigenvalue weighted by molar-refractivity contribution is -0.336. The lowest BCUT2D eigenvalue weighted by Gasteiger charge is -2.44. The van der Waals surface area contributed by atoms with Crippen molar-refractivity contribution in [2.75, 3.05) is 13.2 Å². The first-order chi connectivity index (χ1) is 14.1. The number of ether oxygens (including phenoxy) is 4. The Hall–Kier alpha value is -2.02. The van der Waals surface area contributed by atoms with E-state index in [-0.39, 0.29) is 24.9 Å². The molecule has 156 valence electrons. The van der Waals surface area contributed by atoms with Crippen molar-refractivity contribution in [1.82, 2.24) is 0 Å². The van der Waals surface area contributed by atoms with E-state index in [1.54, 1.807) is 6.08 Å². The highest BCUT2D eigenvalue weighted by molar-refractivity contribution is 5.14. The molecular weight excluding hydrogens is 368 g/mol. The molecule has 2 aromatic carbocycles. The van der Waals surface area contributed by atoms with Crippen molar-refractivity contribution in [3.63, 3.8) is 0 Å². The third kappa shape index (κ3) is 6.77. The van der Waals surface area contributed by atoms with Crippen LogP contribution < -0.4 is 0 Å². The maximum Gasteiger partial charge on any atom is 0.164 e. The summed E-state index contributed by atoms with van der Waals surface area (Å²) in [6.45, 7) is 5.03. The van der Waals surface area contributed by atoms with Gasteiger partial charge < -0.3 is 24.1 Å². The van der Waals surface area contributed by atoms with E-state index in [0.29, 0.717) is 19.8 Å². The lowest BCUT2D eigenvalue weighted by atomic mass is 10.0. The summed E-state index contributed by atoms with van der Waals surface area (Å²) in [4.78, 5) is 0. The van der Waals surface area contributed by atoms with Crippen molar-refractivity contribution < 1.29 is 24.1 Å². The van der Waals surface area contributed by atoms with Crippen LogP contribution in [0.1, 0.15) is 25.0 Å². The molecule has 3 atom stereocenters. The number of aliphatic hydroxyl groups excluding tert-OH is 1. The summed E-state index contributed by atoms with van der Waals surface area (Å²) < 4.78 is 24.4. The molecule has 1 heterocycles. The SMILES string of the molecule is CC1(C)O[C@H](/C=C/CO)C(OCc2ccccc2)[C@@H](COCc2ccccc2)O1. The first-order valence-corrected chi connectivity index (χ1v) is 9.98. The van der Waals surface area contributed by atoms with Gasteiger partial charge in [0.05, 0.1) is 26.4 Å². The summed E-state index contributed by atoms with van der Waals surface area (Å²) in [7, 11) is 0. The van der Waals surface area contributed by atoms with Crippen molar-refractivity contribution in [2.45, 2.75) is 51.2 Å². The van der Waals surface area contributed by atoms with Gasteiger partial charge in [-0.1, -0.05) is 72.8 Å². The van der Waals surface area contributed by atoms with Gasteiger partial charge in [-0.25, -0.2) is 0 Å². The molecule has 1 unspecified atom stereocenters. The van der Waals surface area contributed by atoms with Gasteiger partial charge in [-0.2, -0.15) is 0 Å². The molecule has 0 aromatic heterocycles. The predicted octanol–water partition coefficient (Wildman–Crippen LogP) is 3.86. The molecular formula is C24H30O5. The minimum absolute atomic E-state index is 0.0538. The highest BCUT2D eigenvalue weighted by Crippen LogP contribution is 2.30. The average Bonchev–Trinajstić information content (AvgIpc) is 2.72. The number of rotatable bonds is 9. The highest BCUT2D eigenvalue weighted by Gasteiger charge is 2.43. The maximum absolute atomic E-state index is 9.22. The molecule has 5 nitrogen and oxygen atoms in total. The van der Waals surface area contributed by atoms with Crippen LogP contribution in [-0.4, -0.2) is 42.4 Å². The normalized spacial score (nSPS) is 24.0. The molecule has 5 heteroatoms. The van der Waals surface area contributed by atoms with Gasteiger partial charge in [0, 0.05) is 0 Å². The van der Waals surface area contributed by atoms with E-state index < -0.39 is 5.79 Å². The van der Waals surface area contributed by atoms with Crippen LogP contribution in [-0.2, 0) is 32.2 Å². The molecule has 0 radical (unpaired) electrons. The monoisotopic (exact) mass is 398 g/mol. The quantitative estimate of drug-likeness (QED) is 0.650. The Bertz CT molecular complexity index is 744. The second-order valence-corrected chi connectivity index (χ2v) is 7.51. The number of hydrogen-bond acceptors (Lipinski definition) is 5. The second kappa shape index (κ2) is 10.7. The highest BCUT2D eigenvalue weighted by atomic mass is 16.7. The molecule has 3 rings (SSSR count). The largest absolute Gasteiger partial charge is 0.392 e. The van der Waals surface area contributed by atoms with Crippen molar-refractivity contribution in [3.8, 4) is 0 Å². The summed E-state index contributed by atoms with van der Waals surface area (Å²) >= 11 is 0. The Balaban J connectivity index is 1.69. The van der Waals surface area contributed by atoms with Crippen molar-refractivity contribution in [2.24, 2.45) is 0 Å². The Morgan fingerprint density at radius 3 is 2.17 bits per heavy atom. The first kappa shape index (κ1) is 21.7. The molecule has 0 saturated carbocycles. The van der Waals surface area contributed by atoms with Crippen LogP contribution in [0.3, 0.4) is 0 Å². The zero-order chi connectivity index (χ0) is 20.5. The third-order valence-electron chi connectivity index (χ3n) is 4.66. The molecule has 1 fully saturated rings. The van der Waals surface area contributed by atoms with Crippen LogP contribution in [0, 0.1) is 0 Å². The molecule has 2 aromatic rings. The summed E-state index contributed by atoms with van der Waals surface area (Å²) in [5.74, 6) is -0.780. The zero-order valence-electron chi connectivity index (χ0n) is 17.1. The Labute approximate surface area is 172 Å². The molecule has 0 amide bonds. The predicted molar refractivity (Wildman–Crippen MR) is 111 cm³/mol. The summed E-state index contributed by atoms with van der Waals surface area (Å²) in [6, 6.07) is 20.0. The van der Waals surface area contributed by atoms with Crippen LogP contribution in [0.2, 0.25) is 0 Å². The molecule has 0 spiro atoms. The zero-order valence-corrected chi connectivity index (χ0v) is 17.1. The van der Waals surface area contributed by atoms with Gasteiger partial charge in [0.15, 0.2) is 5.79 Å². The minimum Gasteiger partial charge on any atom is -0.392 e. The smallest absolute Gasteiger partial charge is 0.164 e. The molecule has 29 heavy (non-hydrogen) atoms. The van der Waals surface area contributed by atoms with Gasteiger partial charge in [-0.05, 0) is 25.0 Å². The Morgan fingerprint density at radius 2 is 1.55 bits per heavy atom. The molecule has 1 N–H and O–H groups in total. The Kier molecular flexibility index (Phi) is 7.98. The summed E-state index contributed by atoms with van der Waals surface area (Å²) in [6.07, 6.45) is 2.50. The molecule has 1 aliphatic rings. The van der Waals surface area contributed by atoms with E-state index in [1.165, 1.54) is 0 Å². The minimum atomic E-state index is -0.780. The topological polar surface area (TPSA) is 57.2 Å². The standard InChI is InChI=1S/C24H30O5/c1-24(2)28-21(14-9-15-25)23(27-17-20-12-7-4-8-13-20)22(29-24)18-26-16-19-10-5-3-6-11-19/h3-14,21-23,25H,15-18H2,1-2H3/b14-9+/t21-,22-,23?/m1/s1. The van der Waals surface area contributed by atoms with Gasteiger partial charge >= 0.3 is 0 Å². The van der Waals surface area contributed by atoms with Crippen LogP contribution in [0.5, 0.6) is 0 Å². The Morgan fingerprint density at radius 1 is 0.931 bits per heavy atom. The van der Waals surface area contributed by atoms with Gasteiger partial charge in [-0.15, -0.1) is 0 Å². The molecule has 1 saturated heterocycles. The van der Waals surface area contributed by atoms with E-state index in [1.807, 2.05) is 80.6 Å². The lowest BCUT2D eigenvalue weighted by Crippen LogP contribution is -2.56. The third-order valence-corrected chi connectivity index (χ3v) is 4.66. The number of benzene rings is 2. The van der Waals surface area contributed by atoms with E-state index in [9.17, 15) is 5.11 Å². The average molecular weight is 398 g/mol. The van der Waals surface area contributed by atoms with Gasteiger partial charge in [0.1, 0.15) is 18.3 Å². The molecule has 1 aliphatic heterocycles. The van der Waals surface area contributed by atoms with Gasteiger partial charge in [0.25, 0.3) is 0 Å². The van der Waals surface area contributed by atoms with Crippen LogP contribution in [0.15, 0.2) is 72.8 Å². The number of aliphatic hydroxyl groups is 1. The number of hydrogen-bond donors (Lipinski definition) is 1.